The molecule has 2 amide bonds. The van der Waals surface area contributed by atoms with Crippen molar-refractivity contribution in [3.63, 3.8) is 0 Å². The first-order valence-electron chi connectivity index (χ1n) is 9.33. The Morgan fingerprint density at radius 3 is 2.27 bits per heavy atom. The van der Waals surface area contributed by atoms with Crippen LogP contribution in [0.5, 0.6) is 0 Å². The number of amides is 2. The molecule has 136 valence electrons. The molecule has 1 saturated carbocycles. The molecule has 0 aliphatic heterocycles. The maximum atomic E-state index is 12.6. The van der Waals surface area contributed by atoms with Gasteiger partial charge in [-0.3, -0.25) is 9.59 Å². The average molecular weight is 350 g/mol. The molecular weight excluding hydrogens is 324 g/mol. The number of hydrogen-bond acceptors (Lipinski definition) is 2. The van der Waals surface area contributed by atoms with Crippen LogP contribution in [0.2, 0.25) is 0 Å². The number of carbonyl (C=O) groups excluding carboxylic acids is 2. The van der Waals surface area contributed by atoms with Crippen molar-refractivity contribution in [3.05, 3.63) is 64.7 Å². The van der Waals surface area contributed by atoms with E-state index in [1.807, 2.05) is 32.0 Å². The lowest BCUT2D eigenvalue weighted by Gasteiger charge is -2.22. The molecule has 0 unspecified atom stereocenters. The maximum absolute atomic E-state index is 12.6. The summed E-state index contributed by atoms with van der Waals surface area (Å²) in [5.74, 6) is -0.302. The Bertz CT molecular complexity index is 808. The molecule has 0 bridgehead atoms. The molecule has 0 saturated heterocycles. The Hall–Kier alpha value is -2.62. The summed E-state index contributed by atoms with van der Waals surface area (Å²) in [5, 5.41) is 6.04. The zero-order valence-electron chi connectivity index (χ0n) is 15.5. The molecule has 0 radical (unpaired) electrons. The van der Waals surface area contributed by atoms with Gasteiger partial charge in [0.05, 0.1) is 0 Å². The molecule has 2 N–H and O–H groups in total. The summed E-state index contributed by atoms with van der Waals surface area (Å²) < 4.78 is 0. The van der Waals surface area contributed by atoms with Crippen LogP contribution in [0.4, 0.5) is 5.69 Å². The fraction of sp³-hybridized carbons (Fsp3) is 0.364. The van der Waals surface area contributed by atoms with Gasteiger partial charge >= 0.3 is 0 Å². The fourth-order valence-electron chi connectivity index (χ4n) is 3.40. The van der Waals surface area contributed by atoms with Crippen LogP contribution >= 0.6 is 0 Å². The van der Waals surface area contributed by atoms with Crippen LogP contribution in [0.3, 0.4) is 0 Å². The molecule has 1 aliphatic rings. The molecule has 1 aliphatic carbocycles. The third kappa shape index (κ3) is 4.31. The third-order valence-corrected chi connectivity index (χ3v) is 5.18. The minimum Gasteiger partial charge on any atom is -0.349 e. The van der Waals surface area contributed by atoms with Gasteiger partial charge in [-0.25, -0.2) is 0 Å². The highest BCUT2D eigenvalue weighted by Crippen LogP contribution is 2.20. The van der Waals surface area contributed by atoms with Crippen molar-refractivity contribution in [1.82, 2.24) is 5.32 Å². The molecule has 0 spiro atoms. The van der Waals surface area contributed by atoms with Crippen LogP contribution in [0.25, 0.3) is 0 Å². The van der Waals surface area contributed by atoms with Gasteiger partial charge in [-0.2, -0.15) is 0 Å². The van der Waals surface area contributed by atoms with Gasteiger partial charge in [0.25, 0.3) is 11.8 Å². The number of anilines is 1. The topological polar surface area (TPSA) is 58.2 Å². The minimum atomic E-state index is -0.203. The predicted octanol–water partition coefficient (Wildman–Crippen LogP) is 4.62. The average Bonchev–Trinajstić information content (AvgIpc) is 2.66. The Kier molecular flexibility index (Phi) is 5.71. The van der Waals surface area contributed by atoms with Gasteiger partial charge in [-0.1, -0.05) is 37.5 Å². The zero-order valence-corrected chi connectivity index (χ0v) is 15.5. The number of nitrogens with one attached hydrogen (secondary N) is 2. The molecule has 3 rings (SSSR count). The first kappa shape index (κ1) is 18.2. The van der Waals surface area contributed by atoms with Crippen LogP contribution in [0.1, 0.15) is 63.9 Å². The van der Waals surface area contributed by atoms with Crippen LogP contribution in [-0.4, -0.2) is 17.9 Å². The van der Waals surface area contributed by atoms with E-state index in [4.69, 9.17) is 0 Å². The molecule has 2 aromatic rings. The lowest BCUT2D eigenvalue weighted by atomic mass is 9.95. The molecule has 0 heterocycles. The molecule has 26 heavy (non-hydrogen) atoms. The summed E-state index contributed by atoms with van der Waals surface area (Å²) in [6.07, 6.45) is 5.67. The van der Waals surface area contributed by atoms with E-state index >= 15 is 0 Å². The number of carbonyl (C=O) groups is 2. The predicted molar refractivity (Wildman–Crippen MR) is 105 cm³/mol. The Balaban J connectivity index is 1.70. The lowest BCUT2D eigenvalue weighted by Crippen LogP contribution is -2.36. The Morgan fingerprint density at radius 1 is 0.885 bits per heavy atom. The second-order valence-electron chi connectivity index (χ2n) is 7.09. The van der Waals surface area contributed by atoms with Gasteiger partial charge < -0.3 is 10.6 Å². The summed E-state index contributed by atoms with van der Waals surface area (Å²) in [5.41, 5.74) is 3.99. The number of hydrogen-bond donors (Lipinski definition) is 2. The zero-order chi connectivity index (χ0) is 18.5. The van der Waals surface area contributed by atoms with Crippen molar-refractivity contribution in [1.29, 1.82) is 0 Å². The highest BCUT2D eigenvalue weighted by Gasteiger charge is 2.17. The van der Waals surface area contributed by atoms with Crippen LogP contribution in [-0.2, 0) is 0 Å². The van der Waals surface area contributed by atoms with Gasteiger partial charge in [-0.15, -0.1) is 0 Å². The van der Waals surface area contributed by atoms with E-state index < -0.39 is 0 Å². The summed E-state index contributed by atoms with van der Waals surface area (Å²) >= 11 is 0. The summed E-state index contributed by atoms with van der Waals surface area (Å²) in [7, 11) is 0. The summed E-state index contributed by atoms with van der Waals surface area (Å²) in [4.78, 5) is 25.1. The van der Waals surface area contributed by atoms with Crippen molar-refractivity contribution in [2.45, 2.75) is 52.0 Å². The standard InChI is InChI=1S/C22H26N2O2/c1-15-8-6-13-20(16(15)2)24-22(26)18-10-7-9-17(14-18)21(25)23-19-11-4-3-5-12-19/h6-10,13-14,19H,3-5,11-12H2,1-2H3,(H,23,25)(H,24,26). The minimum absolute atomic E-state index is 0.0988. The van der Waals surface area contributed by atoms with E-state index in [9.17, 15) is 9.59 Å². The molecule has 1 fully saturated rings. The molecule has 0 aromatic heterocycles. The van der Waals surface area contributed by atoms with Gasteiger partial charge in [0.1, 0.15) is 0 Å². The van der Waals surface area contributed by atoms with Crippen molar-refractivity contribution < 1.29 is 9.59 Å². The van der Waals surface area contributed by atoms with E-state index in [1.165, 1.54) is 19.3 Å². The monoisotopic (exact) mass is 350 g/mol. The Morgan fingerprint density at radius 2 is 1.54 bits per heavy atom. The van der Waals surface area contributed by atoms with E-state index in [2.05, 4.69) is 10.6 Å². The van der Waals surface area contributed by atoms with E-state index in [1.54, 1.807) is 24.3 Å². The quantitative estimate of drug-likeness (QED) is 0.845. The molecule has 0 atom stereocenters. The summed E-state index contributed by atoms with van der Waals surface area (Å²) in [6, 6.07) is 13.0. The second kappa shape index (κ2) is 8.17. The van der Waals surface area contributed by atoms with Crippen molar-refractivity contribution in [2.75, 3.05) is 5.32 Å². The maximum Gasteiger partial charge on any atom is 0.255 e. The number of benzene rings is 2. The van der Waals surface area contributed by atoms with Crippen molar-refractivity contribution in [2.24, 2.45) is 0 Å². The van der Waals surface area contributed by atoms with Crippen LogP contribution in [0.15, 0.2) is 42.5 Å². The van der Waals surface area contributed by atoms with Crippen LogP contribution in [0, 0.1) is 13.8 Å². The largest absolute Gasteiger partial charge is 0.349 e. The van der Waals surface area contributed by atoms with E-state index in [-0.39, 0.29) is 17.9 Å². The molecular formula is C22H26N2O2. The molecule has 4 nitrogen and oxygen atoms in total. The van der Waals surface area contributed by atoms with Crippen LogP contribution < -0.4 is 10.6 Å². The first-order valence-corrected chi connectivity index (χ1v) is 9.33. The summed E-state index contributed by atoms with van der Waals surface area (Å²) in [6.45, 7) is 4.00. The van der Waals surface area contributed by atoms with E-state index in [0.717, 1.165) is 29.7 Å². The molecule has 4 heteroatoms. The highest BCUT2D eigenvalue weighted by molar-refractivity contribution is 6.06. The number of aryl methyl sites for hydroxylation is 1. The lowest BCUT2D eigenvalue weighted by molar-refractivity contribution is 0.0927. The third-order valence-electron chi connectivity index (χ3n) is 5.18. The second-order valence-corrected chi connectivity index (χ2v) is 7.09. The molecule has 2 aromatic carbocycles. The van der Waals surface area contributed by atoms with E-state index in [0.29, 0.717) is 11.1 Å². The highest BCUT2D eigenvalue weighted by atomic mass is 16.2. The van der Waals surface area contributed by atoms with Gasteiger partial charge in [0.2, 0.25) is 0 Å². The smallest absolute Gasteiger partial charge is 0.255 e. The normalized spacial score (nSPS) is 14.7. The van der Waals surface area contributed by atoms with Crippen molar-refractivity contribution in [3.8, 4) is 0 Å². The van der Waals surface area contributed by atoms with Gasteiger partial charge in [-0.05, 0) is 62.1 Å². The number of rotatable bonds is 4. The first-order chi connectivity index (χ1) is 12.5. The van der Waals surface area contributed by atoms with Crippen molar-refractivity contribution >= 4 is 17.5 Å². The fourth-order valence-corrected chi connectivity index (χ4v) is 3.40. The van der Waals surface area contributed by atoms with Gasteiger partial charge in [0.15, 0.2) is 0 Å². The SMILES string of the molecule is Cc1cccc(NC(=O)c2cccc(C(=O)NC3CCCCC3)c2)c1C. The Labute approximate surface area is 155 Å². The van der Waals surface area contributed by atoms with Gasteiger partial charge in [0, 0.05) is 22.9 Å².